The van der Waals surface area contributed by atoms with E-state index in [1.807, 2.05) is 25.1 Å². The fourth-order valence-electron chi connectivity index (χ4n) is 6.13. The number of aliphatic hydroxyl groups excluding tert-OH is 1. The minimum absolute atomic E-state index is 0.0190. The first kappa shape index (κ1) is 24.0. The molecule has 1 aromatic rings. The van der Waals surface area contributed by atoms with Crippen LogP contribution >= 0.6 is 0 Å². The minimum atomic E-state index is -0.762. The standard InChI is InChI=1S/C27H36O6/c1-17(2)27-15-21(31-23(30)16-28)26(4,33-27)20-14-13-18(3)24(20)25(27)32-22(29)12-8-11-19-9-6-5-7-10-19/h5-7,9-10,17,20-21,25,28H,8,11-16H2,1-4H3. The highest BCUT2D eigenvalue weighted by molar-refractivity contribution is 5.71. The molecule has 0 spiro atoms. The van der Waals surface area contributed by atoms with Gasteiger partial charge in [0.1, 0.15) is 23.9 Å². The molecule has 1 N–H and O–H groups in total. The first-order valence-corrected chi connectivity index (χ1v) is 12.1. The molecular formula is C27H36O6. The Morgan fingerprint density at radius 3 is 2.58 bits per heavy atom. The monoisotopic (exact) mass is 456 g/mol. The van der Waals surface area contributed by atoms with Crippen LogP contribution in [-0.2, 0) is 30.2 Å². The molecule has 2 heterocycles. The number of hydrogen-bond donors (Lipinski definition) is 1. The number of carbonyl (C=O) groups is 2. The SMILES string of the molecule is CC1=C2C(CC1)C1(C)OC(C(C)C)(CC1OC(=O)CO)C2OC(=O)CCCc1ccccc1. The third kappa shape index (κ3) is 4.24. The molecule has 0 aromatic heterocycles. The molecule has 6 nitrogen and oxygen atoms in total. The first-order valence-electron chi connectivity index (χ1n) is 12.1. The van der Waals surface area contributed by atoms with E-state index in [2.05, 4.69) is 32.9 Å². The normalized spacial score (nSPS) is 32.7. The lowest BCUT2D eigenvalue weighted by Gasteiger charge is -2.50. The van der Waals surface area contributed by atoms with Crippen LogP contribution in [0.15, 0.2) is 41.5 Å². The van der Waals surface area contributed by atoms with E-state index in [0.29, 0.717) is 12.8 Å². The van der Waals surface area contributed by atoms with Crippen molar-refractivity contribution in [2.24, 2.45) is 11.8 Å². The van der Waals surface area contributed by atoms with Crippen molar-refractivity contribution in [3.63, 3.8) is 0 Å². The second-order valence-electron chi connectivity index (χ2n) is 10.3. The molecule has 2 bridgehead atoms. The molecule has 2 saturated heterocycles. The Labute approximate surface area is 196 Å². The smallest absolute Gasteiger partial charge is 0.332 e. The zero-order valence-corrected chi connectivity index (χ0v) is 20.1. The summed E-state index contributed by atoms with van der Waals surface area (Å²) in [4.78, 5) is 25.0. The van der Waals surface area contributed by atoms with Gasteiger partial charge in [-0.25, -0.2) is 4.79 Å². The van der Waals surface area contributed by atoms with Crippen molar-refractivity contribution in [1.82, 2.24) is 0 Å². The zero-order chi connectivity index (χ0) is 23.8. The highest BCUT2D eigenvalue weighted by Crippen LogP contribution is 2.61. The second-order valence-corrected chi connectivity index (χ2v) is 10.3. The van der Waals surface area contributed by atoms with Gasteiger partial charge in [-0.3, -0.25) is 4.79 Å². The lowest BCUT2D eigenvalue weighted by Crippen LogP contribution is -2.58. The average molecular weight is 457 g/mol. The van der Waals surface area contributed by atoms with Crippen molar-refractivity contribution in [3.05, 3.63) is 47.0 Å². The molecule has 3 aliphatic rings. The summed E-state index contributed by atoms with van der Waals surface area (Å²) < 4.78 is 18.7. The van der Waals surface area contributed by atoms with Gasteiger partial charge in [0, 0.05) is 18.8 Å². The van der Waals surface area contributed by atoms with Crippen LogP contribution in [0.3, 0.4) is 0 Å². The van der Waals surface area contributed by atoms with Gasteiger partial charge in [0.15, 0.2) is 6.10 Å². The molecule has 2 aliphatic heterocycles. The third-order valence-electron chi connectivity index (χ3n) is 7.97. The number of benzene rings is 1. The number of allylic oxidation sites excluding steroid dienone is 1. The van der Waals surface area contributed by atoms with E-state index >= 15 is 0 Å². The lowest BCUT2D eigenvalue weighted by molar-refractivity contribution is -0.225. The number of ether oxygens (including phenoxy) is 3. The van der Waals surface area contributed by atoms with Crippen molar-refractivity contribution in [2.45, 2.75) is 89.6 Å². The number of fused-ring (bicyclic) bond motifs is 4. The molecule has 5 unspecified atom stereocenters. The van der Waals surface area contributed by atoms with Crippen LogP contribution in [-0.4, -0.2) is 47.1 Å². The summed E-state index contributed by atoms with van der Waals surface area (Å²) in [6.45, 7) is 7.60. The van der Waals surface area contributed by atoms with Gasteiger partial charge in [-0.15, -0.1) is 0 Å². The van der Waals surface area contributed by atoms with Gasteiger partial charge in [-0.1, -0.05) is 49.8 Å². The van der Waals surface area contributed by atoms with E-state index in [4.69, 9.17) is 14.2 Å². The summed E-state index contributed by atoms with van der Waals surface area (Å²) in [6, 6.07) is 10.1. The predicted octanol–water partition coefficient (Wildman–Crippen LogP) is 4.14. The molecule has 180 valence electrons. The Morgan fingerprint density at radius 1 is 1.18 bits per heavy atom. The van der Waals surface area contributed by atoms with Crippen LogP contribution in [0.25, 0.3) is 0 Å². The van der Waals surface area contributed by atoms with E-state index in [-0.39, 0.29) is 17.8 Å². The van der Waals surface area contributed by atoms with Crippen molar-refractivity contribution in [2.75, 3.05) is 6.61 Å². The molecule has 0 saturated carbocycles. The van der Waals surface area contributed by atoms with Gasteiger partial charge in [0.2, 0.25) is 0 Å². The van der Waals surface area contributed by atoms with E-state index < -0.39 is 36.0 Å². The maximum atomic E-state index is 13.0. The largest absolute Gasteiger partial charge is 0.457 e. The van der Waals surface area contributed by atoms with Gasteiger partial charge in [0.25, 0.3) is 0 Å². The number of hydrogen-bond acceptors (Lipinski definition) is 6. The molecule has 1 aliphatic carbocycles. The Hall–Kier alpha value is -2.18. The number of aryl methyl sites for hydroxylation is 1. The number of aliphatic hydroxyl groups is 1. The van der Waals surface area contributed by atoms with Crippen LogP contribution in [0.4, 0.5) is 0 Å². The van der Waals surface area contributed by atoms with Gasteiger partial charge >= 0.3 is 11.9 Å². The van der Waals surface area contributed by atoms with Crippen LogP contribution in [0.5, 0.6) is 0 Å². The fourth-order valence-corrected chi connectivity index (χ4v) is 6.13. The van der Waals surface area contributed by atoms with Crippen LogP contribution in [0.2, 0.25) is 0 Å². The van der Waals surface area contributed by atoms with Crippen molar-refractivity contribution in [3.8, 4) is 0 Å². The van der Waals surface area contributed by atoms with E-state index in [0.717, 1.165) is 31.3 Å². The Kier molecular flexibility index (Phi) is 6.70. The number of carbonyl (C=O) groups excluding carboxylic acids is 2. The molecule has 1 aromatic carbocycles. The van der Waals surface area contributed by atoms with Crippen LogP contribution < -0.4 is 0 Å². The van der Waals surface area contributed by atoms with Gasteiger partial charge in [-0.05, 0) is 56.6 Å². The van der Waals surface area contributed by atoms with Crippen molar-refractivity contribution >= 4 is 11.9 Å². The third-order valence-corrected chi connectivity index (χ3v) is 7.97. The molecule has 5 atom stereocenters. The summed E-state index contributed by atoms with van der Waals surface area (Å²) in [5.41, 5.74) is 2.15. The Morgan fingerprint density at radius 2 is 1.91 bits per heavy atom. The predicted molar refractivity (Wildman–Crippen MR) is 123 cm³/mol. The van der Waals surface area contributed by atoms with E-state index in [9.17, 15) is 14.7 Å². The maximum Gasteiger partial charge on any atom is 0.332 e. The molecule has 0 radical (unpaired) electrons. The molecule has 6 heteroatoms. The Balaban J connectivity index is 1.56. The van der Waals surface area contributed by atoms with Crippen molar-refractivity contribution < 1.29 is 28.9 Å². The summed E-state index contributed by atoms with van der Waals surface area (Å²) in [7, 11) is 0. The van der Waals surface area contributed by atoms with Gasteiger partial charge in [0.05, 0.1) is 0 Å². The highest BCUT2D eigenvalue weighted by atomic mass is 16.6. The summed E-state index contributed by atoms with van der Waals surface area (Å²) in [5, 5.41) is 9.26. The molecule has 0 amide bonds. The summed E-state index contributed by atoms with van der Waals surface area (Å²) in [5.74, 6) is -0.806. The number of esters is 2. The quantitative estimate of drug-likeness (QED) is 0.468. The van der Waals surface area contributed by atoms with Crippen LogP contribution in [0, 0.1) is 11.8 Å². The summed E-state index contributed by atoms with van der Waals surface area (Å²) in [6.07, 6.45) is 3.15. The van der Waals surface area contributed by atoms with Gasteiger partial charge in [-0.2, -0.15) is 0 Å². The molecule has 2 fully saturated rings. The molecule has 33 heavy (non-hydrogen) atoms. The minimum Gasteiger partial charge on any atom is -0.457 e. The fraction of sp³-hybridized carbons (Fsp3) is 0.630. The second kappa shape index (κ2) is 9.22. The van der Waals surface area contributed by atoms with Crippen molar-refractivity contribution in [1.29, 1.82) is 0 Å². The average Bonchev–Trinajstić information content (AvgIpc) is 3.30. The van der Waals surface area contributed by atoms with E-state index in [1.165, 1.54) is 11.1 Å². The maximum absolute atomic E-state index is 13.0. The zero-order valence-electron chi connectivity index (χ0n) is 20.1. The highest BCUT2D eigenvalue weighted by Gasteiger charge is 2.70. The topological polar surface area (TPSA) is 82.1 Å². The van der Waals surface area contributed by atoms with Gasteiger partial charge < -0.3 is 19.3 Å². The summed E-state index contributed by atoms with van der Waals surface area (Å²) >= 11 is 0. The lowest BCUT2D eigenvalue weighted by atomic mass is 9.74. The van der Waals surface area contributed by atoms with Crippen LogP contribution in [0.1, 0.15) is 65.4 Å². The molecular weight excluding hydrogens is 420 g/mol. The Bertz CT molecular complexity index is 922. The van der Waals surface area contributed by atoms with E-state index in [1.54, 1.807) is 0 Å². The number of rotatable bonds is 8. The molecule has 4 rings (SSSR count). The first-order chi connectivity index (χ1) is 15.7.